The molecule has 0 bridgehead atoms. The van der Waals surface area contributed by atoms with Crippen molar-refractivity contribution >= 4 is 38.4 Å². The van der Waals surface area contributed by atoms with E-state index in [-0.39, 0.29) is 22.8 Å². The summed E-state index contributed by atoms with van der Waals surface area (Å²) in [5, 5.41) is 4.70. The molecule has 0 unspecified atom stereocenters. The number of hydrogen-bond donors (Lipinski definition) is 0. The molecule has 0 fully saturated rings. The van der Waals surface area contributed by atoms with Crippen molar-refractivity contribution in [2.75, 3.05) is 0 Å². The van der Waals surface area contributed by atoms with Gasteiger partial charge in [0.05, 0.1) is 0 Å². The molecule has 2 aromatic heterocycles. The summed E-state index contributed by atoms with van der Waals surface area (Å²) in [5.74, 6) is 0.115. The van der Waals surface area contributed by atoms with Gasteiger partial charge in [-0.3, -0.25) is 4.79 Å². The number of aryl methyl sites for hydroxylation is 1. The topological polar surface area (TPSA) is 25.9 Å². The summed E-state index contributed by atoms with van der Waals surface area (Å²) in [6, 6.07) is 24.5. The van der Waals surface area contributed by atoms with Crippen LogP contribution < -0.4 is 21.5 Å². The van der Waals surface area contributed by atoms with Gasteiger partial charge in [-0.1, -0.05) is 54.6 Å². The second-order valence-electron chi connectivity index (χ2n) is 6.98. The van der Waals surface area contributed by atoms with Crippen LogP contribution in [-0.2, 0) is 13.6 Å². The minimum absolute atomic E-state index is 0. The zero-order valence-corrected chi connectivity index (χ0v) is 17.1. The Balaban J connectivity index is 0.00000192. The van der Waals surface area contributed by atoms with Crippen molar-refractivity contribution in [1.29, 1.82) is 0 Å². The van der Waals surface area contributed by atoms with Gasteiger partial charge in [-0.25, -0.2) is 0 Å². The van der Waals surface area contributed by atoms with Crippen molar-refractivity contribution in [3.63, 3.8) is 0 Å². The van der Waals surface area contributed by atoms with E-state index < -0.39 is 0 Å². The van der Waals surface area contributed by atoms with Crippen LogP contribution in [0.2, 0.25) is 0 Å². The molecule has 0 aliphatic heterocycles. The summed E-state index contributed by atoms with van der Waals surface area (Å²) < 4.78 is 4.15. The number of hydrogen-bond acceptors (Lipinski definition) is 1. The Hall–Kier alpha value is -2.98. The molecular formula is C24H19BrN2O. The quantitative estimate of drug-likeness (QED) is 0.315. The molecule has 0 saturated carbocycles. The van der Waals surface area contributed by atoms with Crippen molar-refractivity contribution in [3.05, 3.63) is 90.8 Å². The lowest BCUT2D eigenvalue weighted by molar-refractivity contribution is -0.682. The highest BCUT2D eigenvalue weighted by molar-refractivity contribution is 6.07. The van der Waals surface area contributed by atoms with E-state index in [1.165, 1.54) is 16.3 Å². The molecule has 0 saturated heterocycles. The van der Waals surface area contributed by atoms with Gasteiger partial charge >= 0.3 is 0 Å². The molecule has 28 heavy (non-hydrogen) atoms. The van der Waals surface area contributed by atoms with Crippen LogP contribution in [0.4, 0.5) is 0 Å². The Morgan fingerprint density at radius 3 is 2.43 bits per heavy atom. The lowest BCUT2D eigenvalue weighted by Gasteiger charge is -2.02. The number of rotatable bonds is 3. The SMILES string of the molecule is Cn1c2ccccc2c2cc[n+](CC(=O)c3ccc4ccccc4c3)cc21.[Br-]. The third kappa shape index (κ3) is 3.00. The molecule has 0 N–H and O–H groups in total. The number of aromatic nitrogens is 2. The average molecular weight is 431 g/mol. The first-order valence-electron chi connectivity index (χ1n) is 9.09. The fourth-order valence-corrected chi connectivity index (χ4v) is 3.86. The molecule has 0 aliphatic rings. The summed E-state index contributed by atoms with van der Waals surface area (Å²) in [5.41, 5.74) is 3.08. The van der Waals surface area contributed by atoms with E-state index in [2.05, 4.69) is 54.2 Å². The molecular weight excluding hydrogens is 412 g/mol. The molecule has 0 atom stereocenters. The Morgan fingerprint density at radius 1 is 0.857 bits per heavy atom. The van der Waals surface area contributed by atoms with E-state index in [1.807, 2.05) is 47.2 Å². The van der Waals surface area contributed by atoms with E-state index in [0.29, 0.717) is 6.54 Å². The van der Waals surface area contributed by atoms with E-state index in [1.54, 1.807) is 0 Å². The number of fused-ring (bicyclic) bond motifs is 4. The number of carbonyl (C=O) groups excluding carboxylic acids is 1. The van der Waals surface area contributed by atoms with Crippen molar-refractivity contribution < 1.29 is 26.3 Å². The lowest BCUT2D eigenvalue weighted by Crippen LogP contribution is -3.00. The van der Waals surface area contributed by atoms with Crippen molar-refractivity contribution in [2.24, 2.45) is 7.05 Å². The van der Waals surface area contributed by atoms with Crippen LogP contribution in [-0.4, -0.2) is 10.4 Å². The maximum absolute atomic E-state index is 12.8. The standard InChI is InChI=1S/C24H19N2O.BrH/c1-25-22-9-5-4-8-20(22)21-12-13-26(15-23(21)25)16-24(27)19-11-10-17-6-2-3-7-18(17)14-19;/h2-15H,16H2,1H3;1H/q+1;/p-1. The maximum atomic E-state index is 12.8. The van der Waals surface area contributed by atoms with Crippen LogP contribution in [0.15, 0.2) is 85.2 Å². The van der Waals surface area contributed by atoms with Gasteiger partial charge in [0.2, 0.25) is 12.3 Å². The van der Waals surface area contributed by atoms with Gasteiger partial charge in [-0.2, -0.15) is 4.57 Å². The Morgan fingerprint density at radius 2 is 1.57 bits per heavy atom. The zero-order valence-electron chi connectivity index (χ0n) is 15.5. The van der Waals surface area contributed by atoms with Crippen LogP contribution in [0, 0.1) is 0 Å². The van der Waals surface area contributed by atoms with Crippen molar-refractivity contribution in [3.8, 4) is 0 Å². The number of pyridine rings is 1. The molecule has 2 heterocycles. The van der Waals surface area contributed by atoms with E-state index in [0.717, 1.165) is 21.9 Å². The zero-order chi connectivity index (χ0) is 18.4. The fraction of sp³-hybridized carbons (Fsp3) is 0.0833. The highest BCUT2D eigenvalue weighted by Gasteiger charge is 2.16. The molecule has 5 rings (SSSR count). The van der Waals surface area contributed by atoms with E-state index >= 15 is 0 Å². The Labute approximate surface area is 173 Å². The third-order valence-electron chi connectivity index (χ3n) is 5.31. The van der Waals surface area contributed by atoms with Crippen LogP contribution in [0.3, 0.4) is 0 Å². The highest BCUT2D eigenvalue weighted by atomic mass is 79.9. The van der Waals surface area contributed by atoms with Gasteiger partial charge in [0.1, 0.15) is 5.52 Å². The van der Waals surface area contributed by atoms with Gasteiger partial charge in [-0.05, 0) is 22.9 Å². The fourth-order valence-electron chi connectivity index (χ4n) is 3.86. The summed E-state index contributed by atoms with van der Waals surface area (Å²) >= 11 is 0. The number of Topliss-reactive ketones (excluding diaryl/α,β-unsaturated/α-hetero) is 1. The molecule has 4 heteroatoms. The van der Waals surface area contributed by atoms with Crippen LogP contribution >= 0.6 is 0 Å². The smallest absolute Gasteiger partial charge is 0.227 e. The van der Waals surface area contributed by atoms with Gasteiger partial charge in [-0.15, -0.1) is 0 Å². The van der Waals surface area contributed by atoms with Gasteiger partial charge in [0.25, 0.3) is 0 Å². The second kappa shape index (κ2) is 7.21. The van der Waals surface area contributed by atoms with Crippen LogP contribution in [0.5, 0.6) is 0 Å². The predicted octanol–water partition coefficient (Wildman–Crippen LogP) is 1.66. The summed E-state index contributed by atoms with van der Waals surface area (Å²) in [7, 11) is 2.07. The van der Waals surface area contributed by atoms with Crippen molar-refractivity contribution in [1.82, 2.24) is 4.57 Å². The number of para-hydroxylation sites is 1. The molecule has 3 aromatic carbocycles. The number of benzene rings is 3. The van der Waals surface area contributed by atoms with Gasteiger partial charge < -0.3 is 21.5 Å². The first kappa shape index (κ1) is 18.4. The molecule has 0 spiro atoms. The molecule has 3 nitrogen and oxygen atoms in total. The number of carbonyl (C=O) groups is 1. The number of nitrogens with zero attached hydrogens (tertiary/aromatic N) is 2. The van der Waals surface area contributed by atoms with Crippen LogP contribution in [0.1, 0.15) is 10.4 Å². The Bertz CT molecular complexity index is 1340. The maximum Gasteiger partial charge on any atom is 0.227 e. The Kier molecular flexibility index (Phi) is 4.73. The van der Waals surface area contributed by atoms with Crippen LogP contribution in [0.25, 0.3) is 32.6 Å². The first-order chi connectivity index (χ1) is 13.2. The van der Waals surface area contributed by atoms with E-state index in [4.69, 9.17) is 0 Å². The van der Waals surface area contributed by atoms with E-state index in [9.17, 15) is 4.79 Å². The van der Waals surface area contributed by atoms with Gasteiger partial charge in [0, 0.05) is 35.0 Å². The van der Waals surface area contributed by atoms with Crippen molar-refractivity contribution in [2.45, 2.75) is 6.54 Å². The number of ketones is 1. The summed E-state index contributed by atoms with van der Waals surface area (Å²) in [6.07, 6.45) is 4.06. The first-order valence-corrected chi connectivity index (χ1v) is 9.09. The lowest BCUT2D eigenvalue weighted by atomic mass is 10.0. The molecule has 138 valence electrons. The summed E-state index contributed by atoms with van der Waals surface area (Å²) in [4.78, 5) is 12.8. The molecule has 0 radical (unpaired) electrons. The summed E-state index contributed by atoms with van der Waals surface area (Å²) in [6.45, 7) is 0.329. The molecule has 0 aliphatic carbocycles. The largest absolute Gasteiger partial charge is 1.00 e. The molecule has 5 aromatic rings. The highest BCUT2D eigenvalue weighted by Crippen LogP contribution is 2.26. The average Bonchev–Trinajstić information content (AvgIpc) is 3.00. The predicted molar refractivity (Wildman–Crippen MR) is 109 cm³/mol. The monoisotopic (exact) mass is 430 g/mol. The number of halogens is 1. The minimum atomic E-state index is 0. The van der Waals surface area contributed by atoms with Gasteiger partial charge in [0.15, 0.2) is 12.4 Å². The third-order valence-corrected chi connectivity index (χ3v) is 5.31. The normalized spacial score (nSPS) is 11.0. The minimum Gasteiger partial charge on any atom is -1.00 e. The molecule has 0 amide bonds. The second-order valence-corrected chi connectivity index (χ2v) is 6.98.